The first-order valence-electron chi connectivity index (χ1n) is 8.87. The molecule has 1 aromatic heterocycles. The average molecular weight is 379 g/mol. The van der Waals surface area contributed by atoms with Crippen molar-refractivity contribution in [3.63, 3.8) is 0 Å². The Kier molecular flexibility index (Phi) is 4.76. The Morgan fingerprint density at radius 2 is 1.68 bits per heavy atom. The molecule has 8 heteroatoms. The zero-order chi connectivity index (χ0) is 19.5. The summed E-state index contributed by atoms with van der Waals surface area (Å²) in [6.07, 6.45) is 4.88. The van der Waals surface area contributed by atoms with Crippen LogP contribution in [0.2, 0.25) is 0 Å². The van der Waals surface area contributed by atoms with Gasteiger partial charge in [0.05, 0.1) is 11.8 Å². The molecule has 4 rings (SSSR count). The Morgan fingerprint density at radius 3 is 2.36 bits per heavy atom. The predicted octanol–water partition coefficient (Wildman–Crippen LogP) is 3.55. The monoisotopic (exact) mass is 379 g/mol. The van der Waals surface area contributed by atoms with E-state index in [-0.39, 0.29) is 23.7 Å². The number of nitrogens with zero attached hydrogens (tertiary/aromatic N) is 2. The lowest BCUT2D eigenvalue weighted by atomic mass is 10.2. The fourth-order valence-corrected chi connectivity index (χ4v) is 2.63. The van der Waals surface area contributed by atoms with E-state index >= 15 is 0 Å². The Balaban J connectivity index is 1.38. The third-order valence-corrected chi connectivity index (χ3v) is 4.26. The summed E-state index contributed by atoms with van der Waals surface area (Å²) in [5, 5.41) is 12.4. The summed E-state index contributed by atoms with van der Waals surface area (Å²) in [4.78, 5) is 24.1. The minimum atomic E-state index is -0.425. The van der Waals surface area contributed by atoms with Crippen molar-refractivity contribution in [3.05, 3.63) is 72.3 Å². The molecule has 2 aromatic carbocycles. The van der Waals surface area contributed by atoms with Crippen LogP contribution in [0.15, 0.2) is 60.9 Å². The van der Waals surface area contributed by atoms with Gasteiger partial charge in [-0.1, -0.05) is 12.1 Å². The molecule has 0 aliphatic heterocycles. The number of anilines is 2. The van der Waals surface area contributed by atoms with Crippen LogP contribution in [0, 0.1) is 5.82 Å². The highest BCUT2D eigenvalue weighted by Gasteiger charge is 2.23. The van der Waals surface area contributed by atoms with Crippen molar-refractivity contribution in [2.45, 2.75) is 18.9 Å². The number of amides is 3. The molecule has 0 spiro atoms. The summed E-state index contributed by atoms with van der Waals surface area (Å²) in [7, 11) is 0. The summed E-state index contributed by atoms with van der Waals surface area (Å²) in [6.45, 7) is 0. The van der Waals surface area contributed by atoms with Crippen LogP contribution in [-0.2, 0) is 0 Å². The Bertz CT molecular complexity index is 1010. The smallest absolute Gasteiger partial charge is 0.319 e. The van der Waals surface area contributed by atoms with Gasteiger partial charge in [0.2, 0.25) is 0 Å². The standard InChI is InChI=1S/C20H18FN5O2/c21-17-3-1-2-4-18(17)26-12-13(11-22-26)19(27)23-14-5-7-15(8-6-14)24-20(28)25-16-9-10-16/h1-8,11-12,16H,9-10H2,(H,23,27)(H2,24,25,28). The number of aromatic nitrogens is 2. The highest BCUT2D eigenvalue weighted by molar-refractivity contribution is 6.04. The molecular formula is C20H18FN5O2. The third-order valence-electron chi connectivity index (χ3n) is 4.26. The van der Waals surface area contributed by atoms with E-state index in [0.717, 1.165) is 12.8 Å². The average Bonchev–Trinajstić information content (AvgIpc) is 3.35. The van der Waals surface area contributed by atoms with Crippen molar-refractivity contribution in [2.24, 2.45) is 0 Å². The van der Waals surface area contributed by atoms with E-state index in [1.165, 1.54) is 23.1 Å². The normalized spacial score (nSPS) is 13.0. The number of nitrogens with one attached hydrogen (secondary N) is 3. The molecule has 1 fully saturated rings. The van der Waals surface area contributed by atoms with Crippen LogP contribution < -0.4 is 16.0 Å². The minimum Gasteiger partial charge on any atom is -0.335 e. The van der Waals surface area contributed by atoms with Gasteiger partial charge in [-0.2, -0.15) is 5.10 Å². The van der Waals surface area contributed by atoms with Gasteiger partial charge in [0.25, 0.3) is 5.91 Å². The summed E-state index contributed by atoms with van der Waals surface area (Å²) in [5.74, 6) is -0.791. The van der Waals surface area contributed by atoms with Crippen LogP contribution in [0.3, 0.4) is 0 Å². The van der Waals surface area contributed by atoms with E-state index in [0.29, 0.717) is 16.9 Å². The Hall–Kier alpha value is -3.68. The number of hydrogen-bond acceptors (Lipinski definition) is 3. The number of benzene rings is 2. The number of para-hydroxylation sites is 1. The van der Waals surface area contributed by atoms with Crippen molar-refractivity contribution < 1.29 is 14.0 Å². The Labute approximate surface area is 160 Å². The van der Waals surface area contributed by atoms with Gasteiger partial charge in [0.15, 0.2) is 0 Å². The molecule has 3 amide bonds. The number of carbonyl (C=O) groups excluding carboxylic acids is 2. The fraction of sp³-hybridized carbons (Fsp3) is 0.150. The Morgan fingerprint density at radius 1 is 1.00 bits per heavy atom. The maximum atomic E-state index is 13.8. The first kappa shape index (κ1) is 17.7. The van der Waals surface area contributed by atoms with E-state index in [1.807, 2.05) is 0 Å². The van der Waals surface area contributed by atoms with Crippen LogP contribution in [0.25, 0.3) is 5.69 Å². The molecule has 7 nitrogen and oxygen atoms in total. The van der Waals surface area contributed by atoms with Crippen LogP contribution in [0.5, 0.6) is 0 Å². The van der Waals surface area contributed by atoms with Gasteiger partial charge in [0, 0.05) is 23.6 Å². The van der Waals surface area contributed by atoms with Gasteiger partial charge in [-0.15, -0.1) is 0 Å². The summed E-state index contributed by atoms with van der Waals surface area (Å²) in [6, 6.07) is 13.0. The van der Waals surface area contributed by atoms with Crippen molar-refractivity contribution in [3.8, 4) is 5.69 Å². The van der Waals surface area contributed by atoms with Gasteiger partial charge in [-0.05, 0) is 49.2 Å². The van der Waals surface area contributed by atoms with Crippen molar-refractivity contribution in [2.75, 3.05) is 10.6 Å². The molecule has 3 aromatic rings. The van der Waals surface area contributed by atoms with E-state index in [9.17, 15) is 14.0 Å². The highest BCUT2D eigenvalue weighted by atomic mass is 19.1. The predicted molar refractivity (Wildman–Crippen MR) is 103 cm³/mol. The molecule has 0 bridgehead atoms. The van der Waals surface area contributed by atoms with Crippen LogP contribution in [-0.4, -0.2) is 27.8 Å². The van der Waals surface area contributed by atoms with Gasteiger partial charge in [-0.25, -0.2) is 13.9 Å². The molecule has 1 heterocycles. The molecule has 0 atom stereocenters. The van der Waals surface area contributed by atoms with Gasteiger partial charge in [0.1, 0.15) is 11.5 Å². The number of rotatable bonds is 5. The highest BCUT2D eigenvalue weighted by Crippen LogP contribution is 2.19. The second-order valence-corrected chi connectivity index (χ2v) is 6.53. The first-order chi connectivity index (χ1) is 13.6. The zero-order valence-electron chi connectivity index (χ0n) is 14.9. The maximum absolute atomic E-state index is 13.8. The maximum Gasteiger partial charge on any atom is 0.319 e. The molecule has 0 unspecified atom stereocenters. The molecule has 28 heavy (non-hydrogen) atoms. The van der Waals surface area contributed by atoms with Crippen LogP contribution in [0.4, 0.5) is 20.6 Å². The lowest BCUT2D eigenvalue weighted by molar-refractivity contribution is 0.102. The number of hydrogen-bond donors (Lipinski definition) is 3. The molecule has 3 N–H and O–H groups in total. The molecule has 1 aliphatic carbocycles. The number of carbonyl (C=O) groups is 2. The SMILES string of the molecule is O=C(Nc1ccc(NC(=O)c2cnn(-c3ccccc3F)c2)cc1)NC1CC1. The molecule has 1 aliphatic rings. The summed E-state index contributed by atoms with van der Waals surface area (Å²) in [5.41, 5.74) is 1.76. The topological polar surface area (TPSA) is 88.1 Å². The minimum absolute atomic E-state index is 0.236. The number of halogens is 1. The summed E-state index contributed by atoms with van der Waals surface area (Å²) >= 11 is 0. The van der Waals surface area contributed by atoms with Crippen LogP contribution in [0.1, 0.15) is 23.2 Å². The first-order valence-corrected chi connectivity index (χ1v) is 8.87. The summed E-state index contributed by atoms with van der Waals surface area (Å²) < 4.78 is 15.2. The zero-order valence-corrected chi connectivity index (χ0v) is 14.9. The molecule has 1 saturated carbocycles. The van der Waals surface area contributed by atoms with E-state index < -0.39 is 5.82 Å². The van der Waals surface area contributed by atoms with Crippen LogP contribution >= 0.6 is 0 Å². The lowest BCUT2D eigenvalue weighted by Gasteiger charge is -2.08. The molecular weight excluding hydrogens is 361 g/mol. The largest absolute Gasteiger partial charge is 0.335 e. The quantitative estimate of drug-likeness (QED) is 0.633. The third kappa shape index (κ3) is 4.17. The van der Waals surface area contributed by atoms with Crippen molar-refractivity contribution in [1.82, 2.24) is 15.1 Å². The molecule has 0 radical (unpaired) electrons. The molecule has 0 saturated heterocycles. The van der Waals surface area contributed by atoms with Crippen molar-refractivity contribution in [1.29, 1.82) is 0 Å². The second-order valence-electron chi connectivity index (χ2n) is 6.53. The van der Waals surface area contributed by atoms with Gasteiger partial charge >= 0.3 is 6.03 Å². The van der Waals surface area contributed by atoms with E-state index in [1.54, 1.807) is 42.5 Å². The lowest BCUT2D eigenvalue weighted by Crippen LogP contribution is -2.30. The second kappa shape index (κ2) is 7.51. The van der Waals surface area contributed by atoms with Gasteiger partial charge in [-0.3, -0.25) is 4.79 Å². The fourth-order valence-electron chi connectivity index (χ4n) is 2.63. The van der Waals surface area contributed by atoms with Crippen molar-refractivity contribution >= 4 is 23.3 Å². The van der Waals surface area contributed by atoms with Gasteiger partial charge < -0.3 is 16.0 Å². The molecule has 142 valence electrons. The van der Waals surface area contributed by atoms with E-state index in [2.05, 4.69) is 21.0 Å². The number of urea groups is 1. The van der Waals surface area contributed by atoms with E-state index in [4.69, 9.17) is 0 Å².